The molecule has 2 aromatic rings. The Kier molecular flexibility index (Phi) is 6.91. The third kappa shape index (κ3) is 5.02. The van der Waals surface area contributed by atoms with E-state index in [1.165, 1.54) is 0 Å². The maximum Gasteiger partial charge on any atom is 0.339 e. The Morgan fingerprint density at radius 3 is 2.39 bits per heavy atom. The minimum absolute atomic E-state index is 0.0727. The first-order valence-electron chi connectivity index (χ1n) is 10.2. The molecule has 1 aromatic heterocycles. The number of hydrogen-bond acceptors (Lipinski definition) is 6. The number of carbonyl (C=O) groups excluding carboxylic acids is 1. The van der Waals surface area contributed by atoms with Gasteiger partial charge in [0.05, 0.1) is 5.02 Å². The molecule has 8 nitrogen and oxygen atoms in total. The van der Waals surface area contributed by atoms with Crippen molar-refractivity contribution in [1.29, 1.82) is 0 Å². The van der Waals surface area contributed by atoms with Crippen molar-refractivity contribution in [2.75, 3.05) is 19.7 Å². The number of likely N-dealkylation sites (tertiary alicyclic amines) is 1. The summed E-state index contributed by atoms with van der Waals surface area (Å²) in [5.74, 6) is 0.201. The molecular weight excluding hydrogens is 424 g/mol. The van der Waals surface area contributed by atoms with E-state index in [1.807, 2.05) is 11.8 Å². The van der Waals surface area contributed by atoms with Gasteiger partial charge in [0.25, 0.3) is 11.9 Å². The van der Waals surface area contributed by atoms with Crippen LogP contribution >= 0.6 is 11.6 Å². The van der Waals surface area contributed by atoms with Crippen LogP contribution in [0.2, 0.25) is 5.02 Å². The van der Waals surface area contributed by atoms with Crippen molar-refractivity contribution >= 4 is 34.4 Å². The van der Waals surface area contributed by atoms with E-state index in [1.54, 1.807) is 19.1 Å². The average Bonchev–Trinajstić information content (AvgIpc) is 2.91. The maximum absolute atomic E-state index is 12.6. The smallest absolute Gasteiger partial charge is 0.339 e. The number of fused-ring (bicyclic) bond motifs is 3. The van der Waals surface area contributed by atoms with Crippen molar-refractivity contribution in [1.82, 2.24) is 4.90 Å². The Bertz CT molecular complexity index is 1050. The molecule has 1 saturated carbocycles. The molecule has 1 unspecified atom stereocenters. The topological polar surface area (TPSA) is 123 Å². The zero-order chi connectivity index (χ0) is 22.9. The Labute approximate surface area is 184 Å². The fourth-order valence-electron chi connectivity index (χ4n) is 4.25. The van der Waals surface area contributed by atoms with Crippen LogP contribution in [0.25, 0.3) is 11.0 Å². The maximum atomic E-state index is 12.6. The van der Waals surface area contributed by atoms with Gasteiger partial charge in [-0.15, -0.1) is 0 Å². The summed E-state index contributed by atoms with van der Waals surface area (Å²) in [6.45, 7) is 5.94. The number of benzene rings is 1. The average molecular weight is 451 g/mol. The number of carboxylic acid groups (broad SMARTS) is 1. The number of halogens is 1. The van der Waals surface area contributed by atoms with Crippen LogP contribution in [0.15, 0.2) is 21.3 Å². The molecular formula is C22H27ClN2O6. The Morgan fingerprint density at radius 1 is 1.23 bits per heavy atom. The Balaban J connectivity index is 0.000000628. The third-order valence-corrected chi connectivity index (χ3v) is 6.42. The van der Waals surface area contributed by atoms with Gasteiger partial charge in [-0.3, -0.25) is 9.59 Å². The first kappa shape index (κ1) is 23.1. The standard InChI is InChI=1S/C20H23ClN2O4.C2H4O2/c1-10-11(2)20(25)27-16-6-17(15(21)5-14(10)16)26-9-18(24)23-7-12-3-4-13(8-23)19(12)22;1-2(3)4/h5-6,12-13,19H,3-4,7-9,22H2,1-2H3;1H3,(H,3,4)/t12-,13+,19?;. The van der Waals surface area contributed by atoms with Gasteiger partial charge in [-0.25, -0.2) is 4.79 Å². The molecule has 1 aliphatic heterocycles. The van der Waals surface area contributed by atoms with Crippen molar-refractivity contribution in [2.45, 2.75) is 39.7 Å². The molecule has 2 heterocycles. The highest BCUT2D eigenvalue weighted by atomic mass is 35.5. The molecule has 2 bridgehead atoms. The van der Waals surface area contributed by atoms with Crippen molar-refractivity contribution in [3.05, 3.63) is 38.7 Å². The van der Waals surface area contributed by atoms with E-state index in [0.29, 0.717) is 46.8 Å². The molecule has 3 atom stereocenters. The van der Waals surface area contributed by atoms with E-state index in [4.69, 9.17) is 36.4 Å². The highest BCUT2D eigenvalue weighted by molar-refractivity contribution is 6.32. The summed E-state index contributed by atoms with van der Waals surface area (Å²) in [6.07, 6.45) is 2.18. The summed E-state index contributed by atoms with van der Waals surface area (Å²) in [5, 5.41) is 8.56. The molecule has 31 heavy (non-hydrogen) atoms. The van der Waals surface area contributed by atoms with Gasteiger partial charge in [0.2, 0.25) is 0 Å². The largest absolute Gasteiger partial charge is 0.482 e. The van der Waals surface area contributed by atoms with E-state index < -0.39 is 5.97 Å². The van der Waals surface area contributed by atoms with Crippen LogP contribution in [0.4, 0.5) is 0 Å². The number of carbonyl (C=O) groups is 2. The fourth-order valence-corrected chi connectivity index (χ4v) is 4.47. The Hall–Kier alpha value is -2.58. The monoisotopic (exact) mass is 450 g/mol. The minimum atomic E-state index is -0.833. The number of amides is 1. The van der Waals surface area contributed by atoms with Crippen LogP contribution in [0.1, 0.15) is 30.9 Å². The lowest BCUT2D eigenvalue weighted by molar-refractivity contribution is -0.136. The van der Waals surface area contributed by atoms with Gasteiger partial charge >= 0.3 is 5.63 Å². The number of hydrogen-bond donors (Lipinski definition) is 2. The number of piperidine rings is 1. The molecule has 1 amide bonds. The van der Waals surface area contributed by atoms with Gasteiger partial charge in [-0.2, -0.15) is 0 Å². The van der Waals surface area contributed by atoms with Gasteiger partial charge in [0, 0.05) is 43.1 Å². The number of rotatable bonds is 3. The molecule has 0 radical (unpaired) electrons. The lowest BCUT2D eigenvalue weighted by Crippen LogP contribution is -2.51. The van der Waals surface area contributed by atoms with Gasteiger partial charge in [0.15, 0.2) is 6.61 Å². The molecule has 2 fully saturated rings. The SMILES string of the molecule is CC(=O)O.Cc1c(C)c2cc(Cl)c(OCC(=O)N3C[C@H]4CC[C@@H](C3)C4N)cc2oc1=O. The van der Waals surface area contributed by atoms with E-state index in [9.17, 15) is 9.59 Å². The molecule has 0 spiro atoms. The summed E-state index contributed by atoms with van der Waals surface area (Å²) in [6, 6.07) is 3.50. The molecule has 4 rings (SSSR count). The van der Waals surface area contributed by atoms with E-state index in [-0.39, 0.29) is 24.2 Å². The predicted octanol–water partition coefficient (Wildman–Crippen LogP) is 2.73. The first-order valence-corrected chi connectivity index (χ1v) is 10.6. The highest BCUT2D eigenvalue weighted by Crippen LogP contribution is 2.36. The zero-order valence-corrected chi connectivity index (χ0v) is 18.6. The number of ether oxygens (including phenoxy) is 1. The van der Waals surface area contributed by atoms with Crippen LogP contribution in [0.5, 0.6) is 5.75 Å². The predicted molar refractivity (Wildman–Crippen MR) is 117 cm³/mol. The van der Waals surface area contributed by atoms with Crippen LogP contribution < -0.4 is 16.1 Å². The van der Waals surface area contributed by atoms with E-state index in [2.05, 4.69) is 0 Å². The summed E-state index contributed by atoms with van der Waals surface area (Å²) < 4.78 is 11.0. The van der Waals surface area contributed by atoms with E-state index >= 15 is 0 Å². The van der Waals surface area contributed by atoms with Gasteiger partial charge in [0.1, 0.15) is 11.3 Å². The van der Waals surface area contributed by atoms with Crippen LogP contribution in [-0.4, -0.2) is 47.6 Å². The molecule has 3 N–H and O–H groups in total. The highest BCUT2D eigenvalue weighted by Gasteiger charge is 2.41. The molecule has 1 saturated heterocycles. The Morgan fingerprint density at radius 2 is 1.81 bits per heavy atom. The number of carboxylic acids is 1. The number of aryl methyl sites for hydroxylation is 1. The second-order valence-corrected chi connectivity index (χ2v) is 8.61. The minimum Gasteiger partial charge on any atom is -0.482 e. The van der Waals surface area contributed by atoms with Crippen molar-refractivity contribution in [3.8, 4) is 5.75 Å². The molecule has 9 heteroatoms. The lowest BCUT2D eigenvalue weighted by Gasteiger charge is -2.36. The number of nitrogens with zero attached hydrogens (tertiary/aromatic N) is 1. The third-order valence-electron chi connectivity index (χ3n) is 6.12. The second kappa shape index (κ2) is 9.28. The van der Waals surface area contributed by atoms with Crippen molar-refractivity contribution in [2.24, 2.45) is 17.6 Å². The van der Waals surface area contributed by atoms with Gasteiger partial charge in [-0.1, -0.05) is 11.6 Å². The number of aliphatic carboxylic acids is 1. The lowest BCUT2D eigenvalue weighted by atomic mass is 9.93. The van der Waals surface area contributed by atoms with Crippen LogP contribution in [0, 0.1) is 25.7 Å². The first-order chi connectivity index (χ1) is 14.6. The molecule has 1 aromatic carbocycles. The summed E-state index contributed by atoms with van der Waals surface area (Å²) in [7, 11) is 0. The van der Waals surface area contributed by atoms with Gasteiger partial charge in [-0.05, 0) is 50.2 Å². The summed E-state index contributed by atoms with van der Waals surface area (Å²) in [5.41, 5.74) is 7.59. The second-order valence-electron chi connectivity index (χ2n) is 8.20. The summed E-state index contributed by atoms with van der Waals surface area (Å²) in [4.78, 5) is 35.3. The molecule has 1 aliphatic carbocycles. The summed E-state index contributed by atoms with van der Waals surface area (Å²) >= 11 is 6.33. The number of nitrogens with two attached hydrogens (primary N) is 1. The van der Waals surface area contributed by atoms with E-state index in [0.717, 1.165) is 30.7 Å². The fraction of sp³-hybridized carbons (Fsp3) is 0.500. The van der Waals surface area contributed by atoms with Crippen LogP contribution in [0.3, 0.4) is 0 Å². The van der Waals surface area contributed by atoms with Crippen molar-refractivity contribution in [3.63, 3.8) is 0 Å². The van der Waals surface area contributed by atoms with Crippen molar-refractivity contribution < 1.29 is 23.8 Å². The quantitative estimate of drug-likeness (QED) is 0.689. The molecule has 2 aliphatic rings. The zero-order valence-electron chi connectivity index (χ0n) is 17.8. The van der Waals surface area contributed by atoms with Crippen LogP contribution in [-0.2, 0) is 9.59 Å². The molecule has 168 valence electrons. The normalized spacial score (nSPS) is 22.1. The van der Waals surface area contributed by atoms with Gasteiger partial charge < -0.3 is 24.9 Å².